The highest BCUT2D eigenvalue weighted by molar-refractivity contribution is 7.89. The summed E-state index contributed by atoms with van der Waals surface area (Å²) in [6.45, 7) is 3.68. The fourth-order valence-corrected chi connectivity index (χ4v) is 3.40. The Morgan fingerprint density at radius 2 is 1.57 bits per heavy atom. The number of hydrogen-bond acceptors (Lipinski definition) is 6. The van der Waals surface area contributed by atoms with E-state index in [9.17, 15) is 18.0 Å². The Kier molecular flexibility index (Phi) is 6.71. The second-order valence-electron chi connectivity index (χ2n) is 5.04. The molecular formula is C15H21NO6S. The number of nitrogens with one attached hydrogen (secondary N) is 1. The van der Waals surface area contributed by atoms with E-state index >= 15 is 0 Å². The lowest BCUT2D eigenvalue weighted by atomic mass is 10.1. The molecule has 1 N–H and O–H groups in total. The summed E-state index contributed by atoms with van der Waals surface area (Å²) >= 11 is 0. The molecule has 0 heterocycles. The molecule has 1 aromatic carbocycles. The lowest BCUT2D eigenvalue weighted by Crippen LogP contribution is -2.32. The molecule has 0 radical (unpaired) electrons. The van der Waals surface area contributed by atoms with Crippen LogP contribution in [0.3, 0.4) is 0 Å². The van der Waals surface area contributed by atoms with Crippen LogP contribution < -0.4 is 4.72 Å². The van der Waals surface area contributed by atoms with Crippen LogP contribution in [0.1, 0.15) is 47.4 Å². The first-order valence-corrected chi connectivity index (χ1v) is 8.57. The maximum Gasteiger partial charge on any atom is 0.337 e. The maximum atomic E-state index is 12.4. The van der Waals surface area contributed by atoms with Gasteiger partial charge in [-0.2, -0.15) is 0 Å². The van der Waals surface area contributed by atoms with Crippen LogP contribution in [-0.4, -0.2) is 40.6 Å². The fourth-order valence-electron chi connectivity index (χ4n) is 2.05. The molecule has 0 amide bonds. The van der Waals surface area contributed by atoms with Crippen LogP contribution in [0.25, 0.3) is 0 Å². The molecule has 0 aliphatic carbocycles. The molecule has 0 spiro atoms. The summed E-state index contributed by atoms with van der Waals surface area (Å²) in [6, 6.07) is 3.29. The minimum atomic E-state index is -3.88. The number of carbonyl (C=O) groups excluding carboxylic acids is 2. The molecule has 0 bridgehead atoms. The van der Waals surface area contributed by atoms with Crippen molar-refractivity contribution in [3.05, 3.63) is 29.3 Å². The summed E-state index contributed by atoms with van der Waals surface area (Å²) in [5, 5.41) is 0. The third kappa shape index (κ3) is 5.04. The summed E-state index contributed by atoms with van der Waals surface area (Å²) < 4.78 is 36.5. The topological polar surface area (TPSA) is 98.8 Å². The molecule has 23 heavy (non-hydrogen) atoms. The van der Waals surface area contributed by atoms with E-state index in [1.165, 1.54) is 32.4 Å². The maximum absolute atomic E-state index is 12.4. The molecule has 7 nitrogen and oxygen atoms in total. The lowest BCUT2D eigenvalue weighted by Gasteiger charge is -2.14. The Labute approximate surface area is 136 Å². The molecule has 1 atom stereocenters. The van der Waals surface area contributed by atoms with E-state index in [4.69, 9.17) is 0 Å². The quantitative estimate of drug-likeness (QED) is 0.757. The molecule has 0 aromatic heterocycles. The van der Waals surface area contributed by atoms with Gasteiger partial charge in [0.1, 0.15) is 0 Å². The van der Waals surface area contributed by atoms with Crippen LogP contribution in [0.4, 0.5) is 0 Å². The molecule has 1 aromatic rings. The number of sulfonamides is 1. The average molecular weight is 343 g/mol. The minimum absolute atomic E-state index is 0.0427. The first kappa shape index (κ1) is 19.1. The Morgan fingerprint density at radius 3 is 1.96 bits per heavy atom. The number of rotatable bonds is 7. The zero-order valence-electron chi connectivity index (χ0n) is 13.6. The van der Waals surface area contributed by atoms with Gasteiger partial charge >= 0.3 is 11.9 Å². The molecule has 8 heteroatoms. The van der Waals surface area contributed by atoms with E-state index in [0.29, 0.717) is 6.42 Å². The van der Waals surface area contributed by atoms with Gasteiger partial charge in [0.2, 0.25) is 10.0 Å². The molecular weight excluding hydrogens is 322 g/mol. The van der Waals surface area contributed by atoms with Crippen molar-refractivity contribution >= 4 is 22.0 Å². The number of benzene rings is 1. The summed E-state index contributed by atoms with van der Waals surface area (Å²) in [4.78, 5) is 23.2. The largest absolute Gasteiger partial charge is 0.465 e. The van der Waals surface area contributed by atoms with E-state index in [-0.39, 0.29) is 22.1 Å². The minimum Gasteiger partial charge on any atom is -0.465 e. The number of ether oxygens (including phenoxy) is 2. The SMILES string of the molecule is CCC[C@H](C)NS(=O)(=O)c1cc(C(=O)OC)cc(C(=O)OC)c1. The predicted octanol–water partition coefficient (Wildman–Crippen LogP) is 1.73. The first-order chi connectivity index (χ1) is 10.7. The van der Waals surface area contributed by atoms with Crippen LogP contribution in [0, 0.1) is 0 Å². The van der Waals surface area contributed by atoms with Crippen molar-refractivity contribution in [3.63, 3.8) is 0 Å². The second kappa shape index (κ2) is 8.07. The third-order valence-corrected chi connectivity index (χ3v) is 4.71. The standard InChI is InChI=1S/C15H21NO6S/c1-5-6-10(2)16-23(19,20)13-8-11(14(17)21-3)7-12(9-13)15(18)22-4/h7-10,16H,5-6H2,1-4H3/t10-/m0/s1. The van der Waals surface area contributed by atoms with Gasteiger partial charge in [0, 0.05) is 6.04 Å². The molecule has 128 valence electrons. The number of carbonyl (C=O) groups is 2. The van der Waals surface area contributed by atoms with Gasteiger partial charge in [-0.05, 0) is 31.5 Å². The zero-order chi connectivity index (χ0) is 17.6. The molecule has 0 fully saturated rings. The first-order valence-electron chi connectivity index (χ1n) is 7.09. The molecule has 0 unspecified atom stereocenters. The van der Waals surface area contributed by atoms with Crippen molar-refractivity contribution in [3.8, 4) is 0 Å². The van der Waals surface area contributed by atoms with Crippen LogP contribution in [0.15, 0.2) is 23.1 Å². The fraction of sp³-hybridized carbons (Fsp3) is 0.467. The molecule has 0 aliphatic heterocycles. The summed E-state index contributed by atoms with van der Waals surface area (Å²) in [7, 11) is -1.54. The molecule has 0 saturated heterocycles. The Hall–Kier alpha value is -1.93. The molecule has 0 aliphatic rings. The highest BCUT2D eigenvalue weighted by Crippen LogP contribution is 2.18. The highest BCUT2D eigenvalue weighted by atomic mass is 32.2. The van der Waals surface area contributed by atoms with Gasteiger partial charge in [0.25, 0.3) is 0 Å². The highest BCUT2D eigenvalue weighted by Gasteiger charge is 2.22. The van der Waals surface area contributed by atoms with E-state index < -0.39 is 22.0 Å². The van der Waals surface area contributed by atoms with Crippen molar-refractivity contribution in [1.82, 2.24) is 4.72 Å². The summed E-state index contributed by atoms with van der Waals surface area (Å²) in [5.74, 6) is -1.48. The number of methoxy groups -OCH3 is 2. The van der Waals surface area contributed by atoms with Crippen LogP contribution in [0.5, 0.6) is 0 Å². The average Bonchev–Trinajstić information content (AvgIpc) is 2.52. The second-order valence-corrected chi connectivity index (χ2v) is 6.75. The zero-order valence-corrected chi connectivity index (χ0v) is 14.4. The van der Waals surface area contributed by atoms with E-state index in [0.717, 1.165) is 6.42 Å². The van der Waals surface area contributed by atoms with Gasteiger partial charge in [0.15, 0.2) is 0 Å². The van der Waals surface area contributed by atoms with Crippen molar-refractivity contribution < 1.29 is 27.5 Å². The number of esters is 2. The Balaban J connectivity index is 3.33. The van der Waals surface area contributed by atoms with Crippen molar-refractivity contribution in [2.24, 2.45) is 0 Å². The van der Waals surface area contributed by atoms with Gasteiger partial charge in [-0.25, -0.2) is 22.7 Å². The lowest BCUT2D eigenvalue weighted by molar-refractivity contribution is 0.0598. The van der Waals surface area contributed by atoms with E-state index in [2.05, 4.69) is 14.2 Å². The predicted molar refractivity (Wildman–Crippen MR) is 83.8 cm³/mol. The smallest absolute Gasteiger partial charge is 0.337 e. The van der Waals surface area contributed by atoms with Crippen molar-refractivity contribution in [1.29, 1.82) is 0 Å². The third-order valence-electron chi connectivity index (χ3n) is 3.14. The number of hydrogen-bond donors (Lipinski definition) is 1. The Bertz CT molecular complexity index is 649. The summed E-state index contributed by atoms with van der Waals surface area (Å²) in [5.41, 5.74) is -0.0853. The van der Waals surface area contributed by atoms with Crippen LogP contribution in [-0.2, 0) is 19.5 Å². The van der Waals surface area contributed by atoms with Crippen LogP contribution in [0.2, 0.25) is 0 Å². The van der Waals surface area contributed by atoms with Gasteiger partial charge in [-0.3, -0.25) is 0 Å². The van der Waals surface area contributed by atoms with Gasteiger partial charge < -0.3 is 9.47 Å². The van der Waals surface area contributed by atoms with E-state index in [1.54, 1.807) is 6.92 Å². The molecule has 0 saturated carbocycles. The monoisotopic (exact) mass is 343 g/mol. The normalized spacial score (nSPS) is 12.5. The van der Waals surface area contributed by atoms with Gasteiger partial charge in [0.05, 0.1) is 30.2 Å². The van der Waals surface area contributed by atoms with E-state index in [1.807, 2.05) is 6.92 Å². The van der Waals surface area contributed by atoms with Gasteiger partial charge in [-0.15, -0.1) is 0 Å². The van der Waals surface area contributed by atoms with Crippen molar-refractivity contribution in [2.75, 3.05) is 14.2 Å². The van der Waals surface area contributed by atoms with Gasteiger partial charge in [-0.1, -0.05) is 13.3 Å². The van der Waals surface area contributed by atoms with Crippen molar-refractivity contribution in [2.45, 2.75) is 37.6 Å². The summed E-state index contributed by atoms with van der Waals surface area (Å²) in [6.07, 6.45) is 1.49. The Morgan fingerprint density at radius 1 is 1.09 bits per heavy atom. The van der Waals surface area contributed by atoms with Crippen LogP contribution >= 0.6 is 0 Å². The molecule has 1 rings (SSSR count).